The van der Waals surface area contributed by atoms with Gasteiger partial charge >= 0.3 is 0 Å². The molecule has 8 atom stereocenters. The van der Waals surface area contributed by atoms with Crippen LogP contribution in [-0.4, -0.2) is 27.0 Å². The Labute approximate surface area is 168 Å². The van der Waals surface area contributed by atoms with Crippen LogP contribution in [0.3, 0.4) is 0 Å². The summed E-state index contributed by atoms with van der Waals surface area (Å²) in [6.45, 7) is 4.49. The van der Waals surface area contributed by atoms with Gasteiger partial charge in [0.25, 0.3) is 0 Å². The summed E-state index contributed by atoms with van der Waals surface area (Å²) in [4.78, 5) is 0. The van der Waals surface area contributed by atoms with Gasteiger partial charge in [0.05, 0.1) is 17.3 Å². The fourth-order valence-electron chi connectivity index (χ4n) is 7.95. The third-order valence-electron chi connectivity index (χ3n) is 9.75. The minimum absolute atomic E-state index is 0.0483. The Kier molecular flexibility index (Phi) is 3.99. The summed E-state index contributed by atoms with van der Waals surface area (Å²) in [5, 5.41) is 34.2. The van der Waals surface area contributed by atoms with E-state index >= 15 is 0 Å². The number of aliphatic hydroxyl groups excluding tert-OH is 1. The van der Waals surface area contributed by atoms with Gasteiger partial charge in [-0.2, -0.15) is 0 Å². The highest BCUT2D eigenvalue weighted by Gasteiger charge is 2.71. The predicted molar refractivity (Wildman–Crippen MR) is 109 cm³/mol. The van der Waals surface area contributed by atoms with Crippen LogP contribution in [0.25, 0.3) is 0 Å². The van der Waals surface area contributed by atoms with Crippen LogP contribution in [0.5, 0.6) is 0 Å². The predicted octanol–water partition coefficient (Wildman–Crippen LogP) is 4.17. The molecule has 4 aliphatic carbocycles. The molecule has 0 aliphatic heterocycles. The Morgan fingerprint density at radius 2 is 1.64 bits per heavy atom. The zero-order valence-corrected chi connectivity index (χ0v) is 17.1. The maximum atomic E-state index is 12.2. The van der Waals surface area contributed by atoms with Crippen molar-refractivity contribution in [3.05, 3.63) is 48.0 Å². The highest BCUT2D eigenvalue weighted by molar-refractivity contribution is 5.33. The maximum absolute atomic E-state index is 12.2. The molecule has 3 heteroatoms. The Balaban J connectivity index is 1.55. The van der Waals surface area contributed by atoms with Crippen molar-refractivity contribution in [1.82, 2.24) is 0 Å². The lowest BCUT2D eigenvalue weighted by atomic mass is 9.43. The molecule has 3 nitrogen and oxygen atoms in total. The van der Waals surface area contributed by atoms with Crippen molar-refractivity contribution in [2.45, 2.75) is 76.1 Å². The minimum atomic E-state index is -0.968. The van der Waals surface area contributed by atoms with E-state index in [1.54, 1.807) is 0 Å². The Morgan fingerprint density at radius 1 is 0.893 bits per heavy atom. The molecule has 1 aromatic rings. The molecule has 4 aliphatic rings. The molecule has 0 heterocycles. The first kappa shape index (κ1) is 18.8. The van der Waals surface area contributed by atoms with Crippen molar-refractivity contribution in [3.63, 3.8) is 0 Å². The topological polar surface area (TPSA) is 60.7 Å². The molecule has 152 valence electrons. The SMILES string of the molecule is C[C@]12C=C[C@H](O)C[C@@H]1CC[C@@H]1[C@@H]2CC[C@]2(C)[C@@](O)(c3ccccc3)CC[C@]12O. The quantitative estimate of drug-likeness (QED) is 0.639. The summed E-state index contributed by atoms with van der Waals surface area (Å²) in [7, 11) is 0. The van der Waals surface area contributed by atoms with E-state index in [1.807, 2.05) is 36.4 Å². The summed E-state index contributed by atoms with van der Waals surface area (Å²) in [6.07, 6.45) is 10.00. The standard InChI is InChI=1S/C25H34O3/c1-22-12-10-19(26)16-18(22)8-9-21-20(22)11-13-23(2)24(27,14-15-25(21,23)28)17-6-4-3-5-7-17/h3-7,10,12,18-21,26-28H,8-9,11,13-16H2,1-2H3/t18-,19-,20-,21+,22-,23+,24-,25-/m0/s1. The maximum Gasteiger partial charge on any atom is 0.0978 e. The van der Waals surface area contributed by atoms with Crippen LogP contribution >= 0.6 is 0 Å². The van der Waals surface area contributed by atoms with Gasteiger partial charge in [-0.1, -0.05) is 56.3 Å². The lowest BCUT2D eigenvalue weighted by Crippen LogP contribution is -2.64. The number of fused-ring (bicyclic) bond motifs is 5. The van der Waals surface area contributed by atoms with Gasteiger partial charge in [0.15, 0.2) is 0 Å². The van der Waals surface area contributed by atoms with E-state index in [9.17, 15) is 15.3 Å². The van der Waals surface area contributed by atoms with E-state index in [-0.39, 0.29) is 17.4 Å². The zero-order chi connectivity index (χ0) is 19.8. The van der Waals surface area contributed by atoms with E-state index in [1.165, 1.54) is 0 Å². The van der Waals surface area contributed by atoms with Crippen molar-refractivity contribution >= 4 is 0 Å². The smallest absolute Gasteiger partial charge is 0.0978 e. The molecule has 0 spiro atoms. The van der Waals surface area contributed by atoms with Gasteiger partial charge in [-0.15, -0.1) is 0 Å². The fourth-order valence-corrected chi connectivity index (χ4v) is 7.95. The molecule has 0 radical (unpaired) electrons. The molecule has 3 fully saturated rings. The van der Waals surface area contributed by atoms with Crippen molar-refractivity contribution < 1.29 is 15.3 Å². The number of allylic oxidation sites excluding steroid dienone is 1. The summed E-state index contributed by atoms with van der Waals surface area (Å²) in [6, 6.07) is 10.0. The molecule has 0 saturated heterocycles. The third-order valence-corrected chi connectivity index (χ3v) is 9.75. The van der Waals surface area contributed by atoms with Crippen LogP contribution in [0, 0.1) is 28.6 Å². The van der Waals surface area contributed by atoms with E-state index in [0.29, 0.717) is 24.7 Å². The summed E-state index contributed by atoms with van der Waals surface area (Å²) in [5.74, 6) is 1.13. The second-order valence-electron chi connectivity index (χ2n) is 10.5. The van der Waals surface area contributed by atoms with Crippen LogP contribution in [0.1, 0.15) is 64.4 Å². The van der Waals surface area contributed by atoms with Gasteiger partial charge in [-0.05, 0) is 73.7 Å². The normalized spacial score (nSPS) is 52.6. The highest BCUT2D eigenvalue weighted by atomic mass is 16.3. The van der Waals surface area contributed by atoms with Crippen molar-refractivity contribution in [1.29, 1.82) is 0 Å². The number of hydrogen-bond acceptors (Lipinski definition) is 3. The molecular formula is C25H34O3. The minimum Gasteiger partial charge on any atom is -0.389 e. The van der Waals surface area contributed by atoms with E-state index in [2.05, 4.69) is 19.9 Å². The average Bonchev–Trinajstić information content (AvgIpc) is 2.91. The molecule has 0 amide bonds. The number of aliphatic hydroxyl groups is 3. The van der Waals surface area contributed by atoms with Crippen molar-refractivity contribution in [3.8, 4) is 0 Å². The van der Waals surface area contributed by atoms with Gasteiger partial charge in [0.1, 0.15) is 0 Å². The Hall–Kier alpha value is -1.16. The van der Waals surface area contributed by atoms with Crippen molar-refractivity contribution in [2.75, 3.05) is 0 Å². The van der Waals surface area contributed by atoms with Gasteiger partial charge in [-0.25, -0.2) is 0 Å². The van der Waals surface area contributed by atoms with E-state index in [0.717, 1.165) is 37.7 Å². The molecule has 0 bridgehead atoms. The largest absolute Gasteiger partial charge is 0.389 e. The number of benzene rings is 1. The molecule has 28 heavy (non-hydrogen) atoms. The zero-order valence-electron chi connectivity index (χ0n) is 17.1. The summed E-state index contributed by atoms with van der Waals surface area (Å²) in [5.41, 5.74) is -1.33. The molecule has 3 saturated carbocycles. The lowest BCUT2D eigenvalue weighted by Gasteiger charge is -2.63. The van der Waals surface area contributed by atoms with Gasteiger partial charge < -0.3 is 15.3 Å². The monoisotopic (exact) mass is 382 g/mol. The second kappa shape index (κ2) is 5.93. The fraction of sp³-hybridized carbons (Fsp3) is 0.680. The molecule has 1 aromatic carbocycles. The van der Waals surface area contributed by atoms with Crippen LogP contribution < -0.4 is 0 Å². The van der Waals surface area contributed by atoms with Gasteiger partial charge in [0.2, 0.25) is 0 Å². The lowest BCUT2D eigenvalue weighted by molar-refractivity contribution is -0.229. The first-order valence-electron chi connectivity index (χ1n) is 11.1. The summed E-state index contributed by atoms with van der Waals surface area (Å²) < 4.78 is 0. The molecule has 5 rings (SSSR count). The molecule has 0 aromatic heterocycles. The summed E-state index contributed by atoms with van der Waals surface area (Å²) >= 11 is 0. The molecule has 3 N–H and O–H groups in total. The van der Waals surface area contributed by atoms with Crippen LogP contribution in [0.15, 0.2) is 42.5 Å². The first-order chi connectivity index (χ1) is 13.2. The van der Waals surface area contributed by atoms with Crippen LogP contribution in [0.2, 0.25) is 0 Å². The molecule has 0 unspecified atom stereocenters. The number of hydrogen-bond donors (Lipinski definition) is 3. The van der Waals surface area contributed by atoms with Gasteiger partial charge in [0, 0.05) is 5.41 Å². The first-order valence-corrected chi connectivity index (χ1v) is 11.1. The second-order valence-corrected chi connectivity index (χ2v) is 10.5. The third kappa shape index (κ3) is 2.16. The van der Waals surface area contributed by atoms with E-state index < -0.39 is 16.6 Å². The van der Waals surface area contributed by atoms with Crippen molar-refractivity contribution in [2.24, 2.45) is 28.6 Å². The van der Waals surface area contributed by atoms with Crippen LogP contribution in [0.4, 0.5) is 0 Å². The Bertz CT molecular complexity index is 790. The Morgan fingerprint density at radius 3 is 2.39 bits per heavy atom. The highest BCUT2D eigenvalue weighted by Crippen LogP contribution is 2.71. The van der Waals surface area contributed by atoms with Crippen LogP contribution in [-0.2, 0) is 5.60 Å². The van der Waals surface area contributed by atoms with Gasteiger partial charge in [-0.3, -0.25) is 0 Å². The molecular weight excluding hydrogens is 348 g/mol. The van der Waals surface area contributed by atoms with E-state index in [4.69, 9.17) is 0 Å². The average molecular weight is 383 g/mol. The number of rotatable bonds is 1.